The lowest BCUT2D eigenvalue weighted by atomic mass is 10.3. The third kappa shape index (κ3) is 3.55. The van der Waals surface area contributed by atoms with Crippen LogP contribution < -0.4 is 4.72 Å². The Morgan fingerprint density at radius 3 is 2.55 bits per heavy atom. The van der Waals surface area contributed by atoms with Gasteiger partial charge in [-0.15, -0.1) is 0 Å². The van der Waals surface area contributed by atoms with Gasteiger partial charge in [0, 0.05) is 20.3 Å². The van der Waals surface area contributed by atoms with Crippen molar-refractivity contribution in [3.05, 3.63) is 41.7 Å². The van der Waals surface area contributed by atoms with Gasteiger partial charge in [-0.1, -0.05) is 18.2 Å². The molecule has 120 valence electrons. The zero-order chi connectivity index (χ0) is 16.2. The number of nitrogens with one attached hydrogen (secondary N) is 1. The predicted molar refractivity (Wildman–Crippen MR) is 84.7 cm³/mol. The molecule has 0 aliphatic carbocycles. The Balaban J connectivity index is 2.30. The van der Waals surface area contributed by atoms with Gasteiger partial charge in [0.15, 0.2) is 0 Å². The van der Waals surface area contributed by atoms with E-state index in [0.717, 1.165) is 5.69 Å². The Hall–Kier alpha value is -1.70. The predicted octanol–water partition coefficient (Wildman–Crippen LogP) is 1.80. The van der Waals surface area contributed by atoms with Crippen molar-refractivity contribution in [2.24, 2.45) is 0 Å². The van der Waals surface area contributed by atoms with E-state index in [-0.39, 0.29) is 4.90 Å². The van der Waals surface area contributed by atoms with E-state index in [4.69, 9.17) is 4.74 Å². The number of aryl methyl sites for hydroxylation is 1. The van der Waals surface area contributed by atoms with E-state index in [1.165, 1.54) is 0 Å². The summed E-state index contributed by atoms with van der Waals surface area (Å²) in [6.45, 7) is 4.32. The Bertz CT molecular complexity index is 724. The van der Waals surface area contributed by atoms with E-state index in [2.05, 4.69) is 9.82 Å². The first kappa shape index (κ1) is 16.7. The fourth-order valence-corrected chi connectivity index (χ4v) is 3.80. The van der Waals surface area contributed by atoms with Crippen molar-refractivity contribution in [2.45, 2.75) is 25.2 Å². The lowest BCUT2D eigenvalue weighted by molar-refractivity contribution is 0.196. The van der Waals surface area contributed by atoms with Crippen LogP contribution in [0.15, 0.2) is 35.2 Å². The van der Waals surface area contributed by atoms with Gasteiger partial charge in [0.25, 0.3) is 0 Å². The molecule has 0 saturated carbocycles. The van der Waals surface area contributed by atoms with E-state index in [9.17, 15) is 8.42 Å². The summed E-state index contributed by atoms with van der Waals surface area (Å²) in [6.07, 6.45) is 0.626. The van der Waals surface area contributed by atoms with Crippen LogP contribution in [0.2, 0.25) is 0 Å². The molecule has 1 aromatic carbocycles. The van der Waals surface area contributed by atoms with Gasteiger partial charge in [-0.3, -0.25) is 0 Å². The van der Waals surface area contributed by atoms with E-state index >= 15 is 0 Å². The van der Waals surface area contributed by atoms with E-state index in [0.29, 0.717) is 31.0 Å². The standard InChI is InChI=1S/C15H21N3O3S/c1-12-15(22(19,20)16-10-7-11-21-3)13(2)18(17-12)14-8-5-4-6-9-14/h4-6,8-9,16H,7,10-11H2,1-3H3. The maximum atomic E-state index is 12.5. The van der Waals surface area contributed by atoms with Crippen molar-refractivity contribution in [3.8, 4) is 5.69 Å². The lowest BCUT2D eigenvalue weighted by Crippen LogP contribution is -2.26. The molecular weight excluding hydrogens is 302 g/mol. The molecule has 0 radical (unpaired) electrons. The molecular formula is C15H21N3O3S. The molecule has 0 atom stereocenters. The largest absolute Gasteiger partial charge is 0.385 e. The highest BCUT2D eigenvalue weighted by Crippen LogP contribution is 2.22. The number of nitrogens with zero attached hydrogens (tertiary/aromatic N) is 2. The number of para-hydroxylation sites is 1. The molecule has 2 rings (SSSR count). The summed E-state index contributed by atoms with van der Waals surface area (Å²) in [5.41, 5.74) is 1.92. The van der Waals surface area contributed by atoms with Crippen molar-refractivity contribution in [2.75, 3.05) is 20.3 Å². The quantitative estimate of drug-likeness (QED) is 0.789. The van der Waals surface area contributed by atoms with E-state index < -0.39 is 10.0 Å². The third-order valence-corrected chi connectivity index (χ3v) is 5.02. The molecule has 7 heteroatoms. The van der Waals surface area contributed by atoms with Crippen LogP contribution in [-0.2, 0) is 14.8 Å². The average molecular weight is 323 g/mol. The fraction of sp³-hybridized carbons (Fsp3) is 0.400. The number of aromatic nitrogens is 2. The summed E-state index contributed by atoms with van der Waals surface area (Å²) >= 11 is 0. The molecule has 0 unspecified atom stereocenters. The van der Waals surface area contributed by atoms with Crippen LogP contribution in [0.3, 0.4) is 0 Å². The van der Waals surface area contributed by atoms with Crippen LogP contribution in [0.4, 0.5) is 0 Å². The zero-order valence-electron chi connectivity index (χ0n) is 13.0. The molecule has 0 aliphatic heterocycles. The number of sulfonamides is 1. The second kappa shape index (κ2) is 7.04. The van der Waals surface area contributed by atoms with E-state index in [1.807, 2.05) is 30.3 Å². The molecule has 0 fully saturated rings. The molecule has 1 heterocycles. The normalized spacial score (nSPS) is 11.8. The van der Waals surface area contributed by atoms with Crippen LogP contribution in [0.5, 0.6) is 0 Å². The topological polar surface area (TPSA) is 73.2 Å². The zero-order valence-corrected chi connectivity index (χ0v) is 13.9. The number of rotatable bonds is 7. The van der Waals surface area contributed by atoms with Gasteiger partial charge in [0.1, 0.15) is 4.90 Å². The summed E-state index contributed by atoms with van der Waals surface area (Å²) in [4.78, 5) is 0.244. The van der Waals surface area contributed by atoms with Gasteiger partial charge >= 0.3 is 0 Å². The number of ether oxygens (including phenoxy) is 1. The molecule has 0 aliphatic rings. The van der Waals surface area contributed by atoms with Crippen molar-refractivity contribution in [1.29, 1.82) is 0 Å². The van der Waals surface area contributed by atoms with Crippen LogP contribution in [0.1, 0.15) is 17.8 Å². The highest BCUT2D eigenvalue weighted by Gasteiger charge is 2.24. The van der Waals surface area contributed by atoms with Crippen molar-refractivity contribution in [1.82, 2.24) is 14.5 Å². The number of methoxy groups -OCH3 is 1. The third-order valence-electron chi connectivity index (χ3n) is 3.31. The molecule has 0 saturated heterocycles. The monoisotopic (exact) mass is 323 g/mol. The number of hydrogen-bond donors (Lipinski definition) is 1. The summed E-state index contributed by atoms with van der Waals surface area (Å²) in [7, 11) is -1.99. The molecule has 1 aromatic heterocycles. The first-order chi connectivity index (χ1) is 10.5. The van der Waals surface area contributed by atoms with Crippen LogP contribution >= 0.6 is 0 Å². The Labute approximate surface area is 131 Å². The van der Waals surface area contributed by atoms with Gasteiger partial charge in [-0.05, 0) is 32.4 Å². The molecule has 0 bridgehead atoms. The van der Waals surface area contributed by atoms with Crippen LogP contribution in [-0.4, -0.2) is 38.5 Å². The molecule has 0 spiro atoms. The van der Waals surface area contributed by atoms with Gasteiger partial charge in [0.2, 0.25) is 10.0 Å². The first-order valence-corrected chi connectivity index (χ1v) is 8.56. The summed E-state index contributed by atoms with van der Waals surface area (Å²) in [6, 6.07) is 9.47. The fourth-order valence-electron chi connectivity index (χ4n) is 2.33. The van der Waals surface area contributed by atoms with Gasteiger partial charge in [0.05, 0.1) is 17.1 Å². The molecule has 6 nitrogen and oxygen atoms in total. The second-order valence-corrected chi connectivity index (χ2v) is 6.70. The maximum Gasteiger partial charge on any atom is 0.244 e. The lowest BCUT2D eigenvalue weighted by Gasteiger charge is -2.08. The number of hydrogen-bond acceptors (Lipinski definition) is 4. The SMILES string of the molecule is COCCCNS(=O)(=O)c1c(C)nn(-c2ccccc2)c1C. The minimum Gasteiger partial charge on any atom is -0.385 e. The van der Waals surface area contributed by atoms with Gasteiger partial charge in [-0.2, -0.15) is 5.10 Å². The molecule has 2 aromatic rings. The van der Waals surface area contributed by atoms with Crippen molar-refractivity contribution in [3.63, 3.8) is 0 Å². The minimum atomic E-state index is -3.58. The van der Waals surface area contributed by atoms with E-state index in [1.54, 1.807) is 25.6 Å². The van der Waals surface area contributed by atoms with Crippen molar-refractivity contribution >= 4 is 10.0 Å². The second-order valence-electron chi connectivity index (χ2n) is 4.99. The van der Waals surface area contributed by atoms with Crippen molar-refractivity contribution < 1.29 is 13.2 Å². The summed E-state index contributed by atoms with van der Waals surface area (Å²) in [5, 5.41) is 4.36. The van der Waals surface area contributed by atoms with Gasteiger partial charge < -0.3 is 4.74 Å². The molecule has 0 amide bonds. The highest BCUT2D eigenvalue weighted by atomic mass is 32.2. The summed E-state index contributed by atoms with van der Waals surface area (Å²) < 4.78 is 34.1. The highest BCUT2D eigenvalue weighted by molar-refractivity contribution is 7.89. The first-order valence-electron chi connectivity index (χ1n) is 7.07. The smallest absolute Gasteiger partial charge is 0.244 e. The maximum absolute atomic E-state index is 12.5. The Morgan fingerprint density at radius 2 is 1.91 bits per heavy atom. The van der Waals surface area contributed by atoms with Gasteiger partial charge in [-0.25, -0.2) is 17.8 Å². The molecule has 22 heavy (non-hydrogen) atoms. The minimum absolute atomic E-state index is 0.244. The average Bonchev–Trinajstić information content (AvgIpc) is 2.80. The Kier molecular flexibility index (Phi) is 5.33. The van der Waals surface area contributed by atoms with Crippen LogP contribution in [0.25, 0.3) is 5.69 Å². The van der Waals surface area contributed by atoms with Crippen LogP contribution in [0, 0.1) is 13.8 Å². The Morgan fingerprint density at radius 1 is 1.23 bits per heavy atom. The summed E-state index contributed by atoms with van der Waals surface area (Å²) in [5.74, 6) is 0. The number of benzene rings is 1. The molecule has 1 N–H and O–H groups in total.